The van der Waals surface area contributed by atoms with Gasteiger partial charge in [0.2, 0.25) is 0 Å². The summed E-state index contributed by atoms with van der Waals surface area (Å²) in [5.74, 6) is -1.34. The number of halogens is 3. The van der Waals surface area contributed by atoms with E-state index in [9.17, 15) is 14.4 Å². The fourth-order valence-electron chi connectivity index (χ4n) is 3.20. The van der Waals surface area contributed by atoms with E-state index < -0.39 is 17.7 Å². The van der Waals surface area contributed by atoms with Gasteiger partial charge in [-0.3, -0.25) is 24.2 Å². The first-order valence-corrected chi connectivity index (χ1v) is 10.7. The third-order valence-electron chi connectivity index (χ3n) is 4.71. The Morgan fingerprint density at radius 1 is 0.900 bits per heavy atom. The minimum absolute atomic E-state index is 0.186. The highest BCUT2D eigenvalue weighted by Crippen LogP contribution is 2.28. The van der Waals surface area contributed by atoms with Crippen LogP contribution in [0.3, 0.4) is 0 Å². The van der Waals surface area contributed by atoms with Gasteiger partial charge in [0.05, 0.1) is 21.7 Å². The lowest BCUT2D eigenvalue weighted by Crippen LogP contribution is -2.44. The van der Waals surface area contributed by atoms with Gasteiger partial charge in [-0.1, -0.05) is 35.3 Å². The highest BCUT2D eigenvalue weighted by atomic mass is 127. The summed E-state index contributed by atoms with van der Waals surface area (Å²) in [6.07, 6.45) is 0. The molecule has 3 amide bonds. The number of hydrogen-bond acceptors (Lipinski definition) is 3. The van der Waals surface area contributed by atoms with E-state index >= 15 is 0 Å². The van der Waals surface area contributed by atoms with Gasteiger partial charge in [-0.25, -0.2) is 0 Å². The molecule has 30 heavy (non-hydrogen) atoms. The van der Waals surface area contributed by atoms with Crippen molar-refractivity contribution in [2.24, 2.45) is 0 Å². The molecule has 0 bridgehead atoms. The van der Waals surface area contributed by atoms with Crippen molar-refractivity contribution in [2.75, 3.05) is 11.6 Å². The predicted octanol–water partition coefficient (Wildman–Crippen LogP) is 5.50. The molecule has 1 heterocycles. The lowest BCUT2D eigenvalue weighted by molar-refractivity contribution is 0.0650. The van der Waals surface area contributed by atoms with E-state index in [-0.39, 0.29) is 17.3 Å². The van der Waals surface area contributed by atoms with Crippen molar-refractivity contribution in [3.8, 4) is 0 Å². The van der Waals surface area contributed by atoms with E-state index in [0.29, 0.717) is 21.8 Å². The van der Waals surface area contributed by atoms with Gasteiger partial charge < -0.3 is 0 Å². The number of rotatable bonds is 4. The van der Waals surface area contributed by atoms with Crippen LogP contribution in [0.5, 0.6) is 0 Å². The molecule has 4 rings (SSSR count). The molecule has 0 saturated heterocycles. The largest absolute Gasteiger partial charge is 0.289 e. The first-order chi connectivity index (χ1) is 14.4. The number of fused-ring (bicyclic) bond motifs is 1. The smallest absolute Gasteiger partial charge is 0.263 e. The van der Waals surface area contributed by atoms with E-state index in [4.69, 9.17) is 23.2 Å². The van der Waals surface area contributed by atoms with E-state index in [2.05, 4.69) is 22.6 Å². The highest BCUT2D eigenvalue weighted by Gasteiger charge is 2.37. The zero-order valence-electron chi connectivity index (χ0n) is 15.3. The van der Waals surface area contributed by atoms with Crippen molar-refractivity contribution < 1.29 is 14.4 Å². The summed E-state index contributed by atoms with van der Waals surface area (Å²) in [6, 6.07) is 18.3. The second-order valence-electron chi connectivity index (χ2n) is 6.56. The molecule has 3 aromatic rings. The molecular formula is C22H13Cl2IN2O3. The summed E-state index contributed by atoms with van der Waals surface area (Å²) in [5, 5.41) is 0.586. The maximum atomic E-state index is 13.4. The Hall–Kier alpha value is -2.42. The van der Waals surface area contributed by atoms with Gasteiger partial charge in [-0.05, 0) is 77.2 Å². The van der Waals surface area contributed by atoms with Gasteiger partial charge in [0.1, 0.15) is 6.67 Å². The minimum Gasteiger partial charge on any atom is -0.289 e. The molecule has 0 atom stereocenters. The van der Waals surface area contributed by atoms with Gasteiger partial charge in [0.25, 0.3) is 17.7 Å². The lowest BCUT2D eigenvalue weighted by atomic mass is 10.1. The average molecular weight is 551 g/mol. The number of anilines is 1. The van der Waals surface area contributed by atoms with Crippen molar-refractivity contribution in [1.82, 2.24) is 4.90 Å². The Balaban J connectivity index is 1.73. The number of hydrogen-bond donors (Lipinski definition) is 0. The maximum absolute atomic E-state index is 13.4. The highest BCUT2D eigenvalue weighted by molar-refractivity contribution is 14.1. The van der Waals surface area contributed by atoms with Crippen LogP contribution in [0.15, 0.2) is 66.7 Å². The molecule has 3 aromatic carbocycles. The van der Waals surface area contributed by atoms with Crippen LogP contribution in [0, 0.1) is 3.57 Å². The molecule has 0 aliphatic carbocycles. The van der Waals surface area contributed by atoms with E-state index in [1.54, 1.807) is 42.5 Å². The van der Waals surface area contributed by atoms with Gasteiger partial charge in [-0.15, -0.1) is 0 Å². The van der Waals surface area contributed by atoms with E-state index in [1.807, 2.05) is 12.1 Å². The molecule has 0 fully saturated rings. The SMILES string of the molecule is O=C1c2ccccc2C(=O)N1CN(C(=O)c1ccc(Cl)cc1Cl)c1ccc(I)cc1. The summed E-state index contributed by atoms with van der Waals surface area (Å²) >= 11 is 14.4. The third-order valence-corrected chi connectivity index (χ3v) is 5.97. The van der Waals surface area contributed by atoms with Crippen LogP contribution in [0.4, 0.5) is 5.69 Å². The lowest BCUT2D eigenvalue weighted by Gasteiger charge is -2.27. The van der Waals surface area contributed by atoms with Crippen molar-refractivity contribution in [3.05, 3.63) is 97.0 Å². The molecule has 0 radical (unpaired) electrons. The quantitative estimate of drug-likeness (QED) is 0.318. The standard InChI is InChI=1S/C22H13Cl2IN2O3/c23-13-5-10-18(19(24)11-13)22(30)26(15-8-6-14(25)7-9-15)12-27-20(28)16-3-1-2-4-17(16)21(27)29/h1-11H,12H2. The van der Waals surface area contributed by atoms with Gasteiger partial charge in [-0.2, -0.15) is 0 Å². The monoisotopic (exact) mass is 550 g/mol. The first kappa shape index (κ1) is 20.8. The molecule has 0 aromatic heterocycles. The van der Waals surface area contributed by atoms with Gasteiger partial charge >= 0.3 is 0 Å². The van der Waals surface area contributed by atoms with Crippen LogP contribution in [0.25, 0.3) is 0 Å². The molecule has 0 saturated carbocycles. The van der Waals surface area contributed by atoms with E-state index in [1.165, 1.54) is 17.0 Å². The van der Waals surface area contributed by atoms with Crippen molar-refractivity contribution >= 4 is 69.2 Å². The molecule has 5 nitrogen and oxygen atoms in total. The van der Waals surface area contributed by atoms with Crippen molar-refractivity contribution in [1.29, 1.82) is 0 Å². The number of carbonyl (C=O) groups is 3. The van der Waals surface area contributed by atoms with Crippen LogP contribution in [0.1, 0.15) is 31.1 Å². The van der Waals surface area contributed by atoms with Crippen LogP contribution in [-0.4, -0.2) is 29.3 Å². The Morgan fingerprint density at radius 2 is 1.50 bits per heavy atom. The number of amides is 3. The molecule has 1 aliphatic rings. The zero-order valence-corrected chi connectivity index (χ0v) is 19.0. The van der Waals surface area contributed by atoms with Crippen LogP contribution >= 0.6 is 45.8 Å². The average Bonchev–Trinajstić information content (AvgIpc) is 2.97. The predicted molar refractivity (Wildman–Crippen MR) is 124 cm³/mol. The topological polar surface area (TPSA) is 57.7 Å². The normalized spacial score (nSPS) is 12.8. The Morgan fingerprint density at radius 3 is 2.07 bits per heavy atom. The number of nitrogens with zero attached hydrogens (tertiary/aromatic N) is 2. The fourth-order valence-corrected chi connectivity index (χ4v) is 4.05. The summed E-state index contributed by atoms with van der Waals surface area (Å²) < 4.78 is 0.981. The second kappa shape index (κ2) is 8.37. The number of benzene rings is 3. The summed E-state index contributed by atoms with van der Waals surface area (Å²) in [6.45, 7) is -0.245. The number of imide groups is 1. The molecule has 0 N–H and O–H groups in total. The summed E-state index contributed by atoms with van der Waals surface area (Å²) in [7, 11) is 0. The number of carbonyl (C=O) groups excluding carboxylic acids is 3. The Bertz CT molecular complexity index is 1150. The molecule has 0 unspecified atom stereocenters. The van der Waals surface area contributed by atoms with E-state index in [0.717, 1.165) is 8.47 Å². The maximum Gasteiger partial charge on any atom is 0.263 e. The van der Waals surface area contributed by atoms with Gasteiger partial charge in [0.15, 0.2) is 0 Å². The van der Waals surface area contributed by atoms with Crippen LogP contribution in [-0.2, 0) is 0 Å². The minimum atomic E-state index is -0.450. The second-order valence-corrected chi connectivity index (χ2v) is 8.65. The Kier molecular flexibility index (Phi) is 5.81. The van der Waals surface area contributed by atoms with Crippen LogP contribution in [0.2, 0.25) is 10.0 Å². The molecule has 150 valence electrons. The van der Waals surface area contributed by atoms with Crippen molar-refractivity contribution in [3.63, 3.8) is 0 Å². The van der Waals surface area contributed by atoms with Gasteiger partial charge in [0, 0.05) is 14.3 Å². The van der Waals surface area contributed by atoms with Crippen LogP contribution < -0.4 is 4.90 Å². The van der Waals surface area contributed by atoms with Crippen molar-refractivity contribution in [2.45, 2.75) is 0 Å². The fraction of sp³-hybridized carbons (Fsp3) is 0.0455. The summed E-state index contributed by atoms with van der Waals surface area (Å²) in [5.41, 5.74) is 1.39. The molecule has 1 aliphatic heterocycles. The molecular weight excluding hydrogens is 538 g/mol. The summed E-state index contributed by atoms with van der Waals surface area (Å²) in [4.78, 5) is 41.4. The molecule has 8 heteroatoms. The zero-order chi connectivity index (χ0) is 21.4. The Labute approximate surface area is 196 Å². The molecule has 0 spiro atoms. The first-order valence-electron chi connectivity index (χ1n) is 8.84. The third kappa shape index (κ3) is 3.82.